The number of nitrogens with one attached hydrogen (secondary N) is 1. The number of nitrogens with two attached hydrogens (primary N) is 1. The lowest BCUT2D eigenvalue weighted by Crippen LogP contribution is -2.07. The zero-order chi connectivity index (χ0) is 25.9. The van der Waals surface area contributed by atoms with Gasteiger partial charge < -0.3 is 11.1 Å². The Hall–Kier alpha value is -4.33. The number of rotatable bonds is 3. The quantitative estimate of drug-likeness (QED) is 0.262. The minimum absolute atomic E-state index is 0.142. The van der Waals surface area contributed by atoms with Crippen molar-refractivity contribution in [1.29, 1.82) is 0 Å². The Kier molecular flexibility index (Phi) is 6.81. The van der Waals surface area contributed by atoms with Crippen LogP contribution in [0.2, 0.25) is 10.3 Å². The van der Waals surface area contributed by atoms with Gasteiger partial charge in [0.25, 0.3) is 0 Å². The highest BCUT2D eigenvalue weighted by Gasteiger charge is 2.11. The summed E-state index contributed by atoms with van der Waals surface area (Å²) in [5, 5.41) is 3.85. The fraction of sp³-hybridized carbons (Fsp3) is 0.0357. The molecule has 0 unspecified atom stereocenters. The van der Waals surface area contributed by atoms with Crippen LogP contribution in [-0.4, -0.2) is 24.7 Å². The van der Waals surface area contributed by atoms with Crippen LogP contribution >= 0.6 is 23.2 Å². The Labute approximate surface area is 223 Å². The van der Waals surface area contributed by atoms with Gasteiger partial charge in [0.2, 0.25) is 5.91 Å². The van der Waals surface area contributed by atoms with Gasteiger partial charge >= 0.3 is 0 Å². The first kappa shape index (κ1) is 24.4. The zero-order valence-electron chi connectivity index (χ0n) is 19.8. The van der Waals surface area contributed by atoms with Gasteiger partial charge in [-0.2, -0.15) is 0 Å². The Morgan fingerprint density at radius 1 is 0.757 bits per heavy atom. The first-order valence-electron chi connectivity index (χ1n) is 11.4. The van der Waals surface area contributed by atoms with Gasteiger partial charge in [0.05, 0.1) is 23.8 Å². The lowest BCUT2D eigenvalue weighted by atomic mass is 10.1. The molecule has 4 heterocycles. The number of hydrogen-bond acceptors (Lipinski definition) is 4. The van der Waals surface area contributed by atoms with Gasteiger partial charge in [-0.05, 0) is 23.3 Å². The Morgan fingerprint density at radius 2 is 1.24 bits per heavy atom. The van der Waals surface area contributed by atoms with Crippen molar-refractivity contribution in [3.05, 3.63) is 108 Å². The molecular formula is C28H22Cl2N6O. The van der Waals surface area contributed by atoms with Crippen molar-refractivity contribution in [2.24, 2.45) is 0 Å². The SMILES string of the molecule is CC(=O)Nc1cc(-c2ccccc2)cn2c(Cl)cnc12.Nc1cc(-c2ccccc2)cn2c(Cl)cnc12. The van der Waals surface area contributed by atoms with E-state index >= 15 is 0 Å². The number of pyridine rings is 2. The molecule has 0 aliphatic heterocycles. The Morgan fingerprint density at radius 3 is 1.78 bits per heavy atom. The number of benzene rings is 2. The monoisotopic (exact) mass is 528 g/mol. The molecule has 1 amide bonds. The molecule has 184 valence electrons. The third kappa shape index (κ3) is 5.14. The van der Waals surface area contributed by atoms with E-state index in [0.717, 1.165) is 22.3 Å². The van der Waals surface area contributed by atoms with Crippen molar-refractivity contribution in [1.82, 2.24) is 18.8 Å². The maximum atomic E-state index is 11.3. The number of imidazole rings is 2. The van der Waals surface area contributed by atoms with Gasteiger partial charge in [0, 0.05) is 30.4 Å². The minimum atomic E-state index is -0.142. The summed E-state index contributed by atoms with van der Waals surface area (Å²) in [6.45, 7) is 1.47. The van der Waals surface area contributed by atoms with Crippen molar-refractivity contribution >= 4 is 51.8 Å². The number of hydrogen-bond donors (Lipinski definition) is 2. The molecule has 9 heteroatoms. The van der Waals surface area contributed by atoms with E-state index in [1.165, 1.54) is 6.92 Å². The minimum Gasteiger partial charge on any atom is -0.396 e. The Balaban J connectivity index is 0.000000153. The maximum absolute atomic E-state index is 11.3. The van der Waals surface area contributed by atoms with E-state index in [-0.39, 0.29) is 5.91 Å². The van der Waals surface area contributed by atoms with Crippen molar-refractivity contribution < 1.29 is 4.79 Å². The third-order valence-corrected chi connectivity index (χ3v) is 6.23. The average Bonchev–Trinajstić information content (AvgIpc) is 3.48. The number of nitrogen functional groups attached to an aromatic ring is 1. The summed E-state index contributed by atoms with van der Waals surface area (Å²) in [4.78, 5) is 19.7. The topological polar surface area (TPSA) is 89.7 Å². The van der Waals surface area contributed by atoms with Crippen LogP contribution < -0.4 is 11.1 Å². The average molecular weight is 529 g/mol. The molecule has 0 aliphatic carbocycles. The molecule has 7 nitrogen and oxygen atoms in total. The smallest absolute Gasteiger partial charge is 0.221 e. The summed E-state index contributed by atoms with van der Waals surface area (Å²) in [6.07, 6.45) is 7.01. The maximum Gasteiger partial charge on any atom is 0.221 e. The highest BCUT2D eigenvalue weighted by atomic mass is 35.5. The summed E-state index contributed by atoms with van der Waals surface area (Å²) >= 11 is 12.2. The number of nitrogens with zero attached hydrogens (tertiary/aromatic N) is 4. The summed E-state index contributed by atoms with van der Waals surface area (Å²) in [5.74, 6) is -0.142. The molecule has 0 spiro atoms. The van der Waals surface area contributed by atoms with E-state index in [9.17, 15) is 4.79 Å². The number of carbonyl (C=O) groups excluding carboxylic acids is 1. The number of anilines is 2. The molecule has 4 aromatic heterocycles. The fourth-order valence-corrected chi connectivity index (χ4v) is 4.36. The fourth-order valence-electron chi connectivity index (χ4n) is 4.00. The number of aromatic nitrogens is 4. The summed E-state index contributed by atoms with van der Waals surface area (Å²) < 4.78 is 3.55. The largest absolute Gasteiger partial charge is 0.396 e. The third-order valence-electron chi connectivity index (χ3n) is 5.67. The number of halogens is 2. The van der Waals surface area contributed by atoms with Crippen LogP contribution in [0.4, 0.5) is 11.4 Å². The molecular weight excluding hydrogens is 507 g/mol. The lowest BCUT2D eigenvalue weighted by Gasteiger charge is -2.09. The van der Waals surface area contributed by atoms with E-state index in [2.05, 4.69) is 15.3 Å². The van der Waals surface area contributed by atoms with E-state index in [4.69, 9.17) is 28.9 Å². The molecule has 6 rings (SSSR count). The molecule has 0 bridgehead atoms. The molecule has 0 aliphatic rings. The Bertz CT molecular complexity index is 1710. The molecule has 2 aromatic carbocycles. The first-order valence-corrected chi connectivity index (χ1v) is 12.1. The molecule has 0 saturated carbocycles. The van der Waals surface area contributed by atoms with Gasteiger partial charge in [-0.25, -0.2) is 9.97 Å². The van der Waals surface area contributed by atoms with Crippen LogP contribution in [0, 0.1) is 0 Å². The van der Waals surface area contributed by atoms with E-state index in [0.29, 0.717) is 33.0 Å². The molecule has 37 heavy (non-hydrogen) atoms. The molecule has 3 N–H and O–H groups in total. The van der Waals surface area contributed by atoms with Gasteiger partial charge in [0.15, 0.2) is 11.3 Å². The number of amides is 1. The predicted octanol–water partition coefficient (Wildman–Crippen LogP) is 6.85. The molecule has 6 aromatic rings. The molecule has 0 radical (unpaired) electrons. The van der Waals surface area contributed by atoms with Gasteiger partial charge in [-0.15, -0.1) is 0 Å². The van der Waals surface area contributed by atoms with E-state index < -0.39 is 0 Å². The van der Waals surface area contributed by atoms with Crippen molar-refractivity contribution in [2.75, 3.05) is 11.1 Å². The second-order valence-electron chi connectivity index (χ2n) is 8.29. The van der Waals surface area contributed by atoms with Crippen LogP contribution in [0.3, 0.4) is 0 Å². The standard InChI is InChI=1S/C15H12ClN3O.C13H10ClN3/c1-10(20)18-13-7-12(11-5-3-2-4-6-11)9-19-14(16)8-17-15(13)19;14-12-7-16-13-11(15)6-10(8-17(12)13)9-4-2-1-3-5-9/h2-9H,1H3,(H,18,20);1-8H,15H2. The number of fused-ring (bicyclic) bond motifs is 2. The van der Waals surface area contributed by atoms with Gasteiger partial charge in [-0.3, -0.25) is 13.6 Å². The second-order valence-corrected chi connectivity index (χ2v) is 9.06. The summed E-state index contributed by atoms with van der Waals surface area (Å²) in [6, 6.07) is 23.7. The zero-order valence-corrected chi connectivity index (χ0v) is 21.3. The van der Waals surface area contributed by atoms with Crippen molar-refractivity contribution in [3.63, 3.8) is 0 Å². The van der Waals surface area contributed by atoms with Crippen LogP contribution in [0.25, 0.3) is 33.5 Å². The summed E-state index contributed by atoms with van der Waals surface area (Å²) in [5.41, 5.74) is 12.7. The van der Waals surface area contributed by atoms with Crippen LogP contribution in [0.5, 0.6) is 0 Å². The second kappa shape index (κ2) is 10.3. The normalized spacial score (nSPS) is 10.8. The lowest BCUT2D eigenvalue weighted by molar-refractivity contribution is -0.114. The molecule has 0 saturated heterocycles. The molecule has 0 fully saturated rings. The highest BCUT2D eigenvalue weighted by molar-refractivity contribution is 6.30. The first-order chi connectivity index (χ1) is 17.9. The summed E-state index contributed by atoms with van der Waals surface area (Å²) in [7, 11) is 0. The van der Waals surface area contributed by atoms with E-state index in [1.807, 2.05) is 85.2 Å². The van der Waals surface area contributed by atoms with E-state index in [1.54, 1.807) is 21.2 Å². The van der Waals surface area contributed by atoms with Gasteiger partial charge in [0.1, 0.15) is 10.3 Å². The predicted molar refractivity (Wildman–Crippen MR) is 150 cm³/mol. The molecule has 0 atom stereocenters. The van der Waals surface area contributed by atoms with Crippen LogP contribution in [0.15, 0.2) is 97.6 Å². The van der Waals surface area contributed by atoms with Crippen molar-refractivity contribution in [3.8, 4) is 22.3 Å². The highest BCUT2D eigenvalue weighted by Crippen LogP contribution is 2.28. The number of carbonyl (C=O) groups is 1. The van der Waals surface area contributed by atoms with Crippen molar-refractivity contribution in [2.45, 2.75) is 6.92 Å². The van der Waals surface area contributed by atoms with Crippen LogP contribution in [-0.2, 0) is 4.79 Å². The van der Waals surface area contributed by atoms with Gasteiger partial charge in [-0.1, -0.05) is 83.9 Å². The van der Waals surface area contributed by atoms with Crippen LogP contribution in [0.1, 0.15) is 6.92 Å².